The Bertz CT molecular complexity index is 1620. The molecule has 4 aromatic rings. The van der Waals surface area contributed by atoms with Crippen LogP contribution < -0.4 is 0 Å². The molecule has 2 aliphatic rings. The maximum absolute atomic E-state index is 14.2. The van der Waals surface area contributed by atoms with Crippen LogP contribution in [0.25, 0.3) is 0 Å². The van der Waals surface area contributed by atoms with Crippen LogP contribution in [0, 0.1) is 11.6 Å². The molecule has 2 aliphatic heterocycles. The van der Waals surface area contributed by atoms with Crippen molar-refractivity contribution in [2.75, 3.05) is 26.2 Å². The standard InChI is InChI=1S/C36H32Cl2F2N2O4S2/c37-25-1-7-29(8-2-25)47-33-21-27(39)5-11-31(33)23-13-17-41(18-14-23)45-35(43)36(44)46-42-19-15-24(16-20-42)32-12-6-28(40)22-34(32)48-30-9-3-26(38)4-10-30/h1-12,21-24H,13-20H2. The lowest BCUT2D eigenvalue weighted by atomic mass is 9.90. The van der Waals surface area contributed by atoms with Gasteiger partial charge in [-0.1, -0.05) is 58.9 Å². The van der Waals surface area contributed by atoms with Gasteiger partial charge in [-0.15, -0.1) is 10.1 Å². The third kappa shape index (κ3) is 9.11. The number of carbonyl (C=O) groups excluding carboxylic acids is 2. The summed E-state index contributed by atoms with van der Waals surface area (Å²) >= 11 is 15.0. The predicted octanol–water partition coefficient (Wildman–Crippen LogP) is 9.55. The molecule has 2 fully saturated rings. The van der Waals surface area contributed by atoms with Gasteiger partial charge in [0.1, 0.15) is 11.6 Å². The van der Waals surface area contributed by atoms with E-state index in [2.05, 4.69) is 0 Å². The quantitative estimate of drug-likeness (QED) is 0.166. The van der Waals surface area contributed by atoms with Crippen LogP contribution >= 0.6 is 46.7 Å². The van der Waals surface area contributed by atoms with E-state index in [1.165, 1.54) is 45.8 Å². The molecule has 2 heterocycles. The molecule has 0 saturated carbocycles. The summed E-state index contributed by atoms with van der Waals surface area (Å²) < 4.78 is 28.4. The lowest BCUT2D eigenvalue weighted by molar-refractivity contribution is -0.222. The van der Waals surface area contributed by atoms with Crippen molar-refractivity contribution in [2.45, 2.75) is 57.1 Å². The molecule has 0 aliphatic carbocycles. The second-order valence-corrected chi connectivity index (χ2v) is 14.7. The van der Waals surface area contributed by atoms with Crippen molar-refractivity contribution in [2.24, 2.45) is 0 Å². The Hall–Kier alpha value is -3.12. The van der Waals surface area contributed by atoms with Crippen LogP contribution in [-0.2, 0) is 19.3 Å². The molecule has 0 N–H and O–H groups in total. The van der Waals surface area contributed by atoms with Gasteiger partial charge in [0.05, 0.1) is 0 Å². The molecule has 0 atom stereocenters. The van der Waals surface area contributed by atoms with E-state index in [1.54, 1.807) is 36.4 Å². The lowest BCUT2D eigenvalue weighted by Gasteiger charge is -2.32. The van der Waals surface area contributed by atoms with Gasteiger partial charge in [-0.3, -0.25) is 0 Å². The van der Waals surface area contributed by atoms with Gasteiger partial charge in [0.15, 0.2) is 0 Å². The van der Waals surface area contributed by atoms with E-state index in [0.717, 1.165) is 30.7 Å². The Balaban J connectivity index is 0.977. The molecule has 0 radical (unpaired) electrons. The molecule has 6 nitrogen and oxygen atoms in total. The number of halogens is 4. The van der Waals surface area contributed by atoms with Crippen LogP contribution in [-0.4, -0.2) is 48.2 Å². The number of carbonyl (C=O) groups is 2. The number of nitrogens with zero attached hydrogens (tertiary/aromatic N) is 2. The monoisotopic (exact) mass is 728 g/mol. The summed E-state index contributed by atoms with van der Waals surface area (Å²) in [5, 5.41) is 4.23. The molecule has 0 spiro atoms. The zero-order valence-electron chi connectivity index (χ0n) is 25.8. The van der Waals surface area contributed by atoms with Gasteiger partial charge >= 0.3 is 11.9 Å². The highest BCUT2D eigenvalue weighted by Gasteiger charge is 2.31. The fourth-order valence-electron chi connectivity index (χ4n) is 5.95. The molecule has 6 rings (SSSR count). The number of hydrogen-bond donors (Lipinski definition) is 0. The average Bonchev–Trinajstić information content (AvgIpc) is 3.08. The predicted molar refractivity (Wildman–Crippen MR) is 183 cm³/mol. The smallest absolute Gasteiger partial charge is 0.359 e. The first-order valence-corrected chi connectivity index (χ1v) is 18.0. The maximum atomic E-state index is 14.2. The molecule has 250 valence electrons. The van der Waals surface area contributed by atoms with Crippen molar-refractivity contribution in [3.8, 4) is 0 Å². The Morgan fingerprint density at radius 2 is 0.938 bits per heavy atom. The average molecular weight is 730 g/mol. The Kier molecular flexibility index (Phi) is 11.6. The van der Waals surface area contributed by atoms with Crippen LogP contribution in [0.2, 0.25) is 10.0 Å². The molecular weight excluding hydrogens is 697 g/mol. The molecule has 48 heavy (non-hydrogen) atoms. The fourth-order valence-corrected chi connectivity index (χ4v) is 8.30. The molecule has 2 saturated heterocycles. The van der Waals surface area contributed by atoms with Gasteiger partial charge < -0.3 is 9.68 Å². The normalized spacial score (nSPS) is 16.5. The van der Waals surface area contributed by atoms with Crippen molar-refractivity contribution in [3.63, 3.8) is 0 Å². The third-order valence-electron chi connectivity index (χ3n) is 8.41. The van der Waals surface area contributed by atoms with Crippen LogP contribution in [0.1, 0.15) is 48.6 Å². The Morgan fingerprint density at radius 3 is 1.29 bits per heavy atom. The lowest BCUT2D eigenvalue weighted by Crippen LogP contribution is -2.41. The molecule has 0 bridgehead atoms. The zero-order chi connectivity index (χ0) is 33.6. The number of hydroxylamine groups is 4. The number of rotatable bonds is 8. The Morgan fingerprint density at radius 1 is 0.583 bits per heavy atom. The van der Waals surface area contributed by atoms with Crippen molar-refractivity contribution in [1.82, 2.24) is 10.1 Å². The van der Waals surface area contributed by atoms with Crippen LogP contribution in [0.15, 0.2) is 105 Å². The van der Waals surface area contributed by atoms with E-state index in [4.69, 9.17) is 32.9 Å². The first kappa shape index (κ1) is 34.7. The molecule has 4 aromatic carbocycles. The highest BCUT2D eigenvalue weighted by molar-refractivity contribution is 7.99. The number of piperidine rings is 2. The van der Waals surface area contributed by atoms with Crippen molar-refractivity contribution in [1.29, 1.82) is 0 Å². The van der Waals surface area contributed by atoms with Crippen LogP contribution in [0.5, 0.6) is 0 Å². The zero-order valence-corrected chi connectivity index (χ0v) is 28.9. The van der Waals surface area contributed by atoms with E-state index in [0.29, 0.717) is 61.9 Å². The van der Waals surface area contributed by atoms with Gasteiger partial charge in [0, 0.05) is 55.8 Å². The van der Waals surface area contributed by atoms with Gasteiger partial charge in [-0.2, -0.15) is 0 Å². The summed E-state index contributed by atoms with van der Waals surface area (Å²) in [5.41, 5.74) is 2.06. The van der Waals surface area contributed by atoms with E-state index in [1.807, 2.05) is 36.4 Å². The molecule has 0 aromatic heterocycles. The van der Waals surface area contributed by atoms with Gasteiger partial charge in [-0.05, 0) is 121 Å². The van der Waals surface area contributed by atoms with E-state index in [-0.39, 0.29) is 23.5 Å². The number of hydrogen-bond acceptors (Lipinski definition) is 8. The second-order valence-electron chi connectivity index (χ2n) is 11.6. The SMILES string of the molecule is O=C(ON1CCC(c2ccc(F)cc2Sc2ccc(Cl)cc2)CC1)C(=O)ON1CCC(c2ccc(F)cc2Sc2ccc(Cl)cc2)CC1. The largest absolute Gasteiger partial charge is 0.438 e. The number of benzene rings is 4. The summed E-state index contributed by atoms with van der Waals surface area (Å²) in [6.07, 6.45) is 2.66. The summed E-state index contributed by atoms with van der Waals surface area (Å²) in [7, 11) is 0. The molecule has 0 amide bonds. The minimum Gasteiger partial charge on any atom is -0.359 e. The molecule has 0 unspecified atom stereocenters. The van der Waals surface area contributed by atoms with Gasteiger partial charge in [0.25, 0.3) is 0 Å². The fraction of sp³-hybridized carbons (Fsp3) is 0.278. The minimum absolute atomic E-state index is 0.134. The van der Waals surface area contributed by atoms with E-state index < -0.39 is 11.9 Å². The second kappa shape index (κ2) is 16.1. The van der Waals surface area contributed by atoms with Gasteiger partial charge in [0.2, 0.25) is 0 Å². The van der Waals surface area contributed by atoms with E-state index in [9.17, 15) is 18.4 Å². The summed E-state index contributed by atoms with van der Waals surface area (Å²) in [6, 6.07) is 24.4. The van der Waals surface area contributed by atoms with Crippen LogP contribution in [0.4, 0.5) is 8.78 Å². The maximum Gasteiger partial charge on any atom is 0.438 e. The topological polar surface area (TPSA) is 59.1 Å². The van der Waals surface area contributed by atoms with Crippen LogP contribution in [0.3, 0.4) is 0 Å². The first-order chi connectivity index (χ1) is 23.2. The van der Waals surface area contributed by atoms with Crippen molar-refractivity contribution >= 4 is 58.7 Å². The summed E-state index contributed by atoms with van der Waals surface area (Å²) in [5.74, 6) is -2.49. The highest BCUT2D eigenvalue weighted by atomic mass is 35.5. The third-order valence-corrected chi connectivity index (χ3v) is 11.1. The molecule has 12 heteroatoms. The summed E-state index contributed by atoms with van der Waals surface area (Å²) in [4.78, 5) is 39.6. The minimum atomic E-state index is -1.07. The van der Waals surface area contributed by atoms with Gasteiger partial charge in [-0.25, -0.2) is 18.4 Å². The van der Waals surface area contributed by atoms with Crippen molar-refractivity contribution in [3.05, 3.63) is 118 Å². The van der Waals surface area contributed by atoms with E-state index >= 15 is 0 Å². The highest BCUT2D eigenvalue weighted by Crippen LogP contribution is 2.40. The van der Waals surface area contributed by atoms with Crippen molar-refractivity contribution < 1.29 is 28.0 Å². The molecular formula is C36H32Cl2F2N2O4S2. The Labute approximate surface area is 296 Å². The summed E-state index contributed by atoms with van der Waals surface area (Å²) in [6.45, 7) is 1.69. The first-order valence-electron chi connectivity index (χ1n) is 15.6.